The van der Waals surface area contributed by atoms with Gasteiger partial charge in [0.2, 0.25) is 5.91 Å². The van der Waals surface area contributed by atoms with Gasteiger partial charge in [-0.1, -0.05) is 253 Å². The molecule has 0 radical (unpaired) electrons. The number of unbranched alkanes of at least 4 members (excludes halogenated alkanes) is 28. The summed E-state index contributed by atoms with van der Waals surface area (Å²) >= 11 is 0. The van der Waals surface area contributed by atoms with Crippen molar-refractivity contribution < 1.29 is 37.3 Å². The number of phosphoric ester groups is 1. The van der Waals surface area contributed by atoms with E-state index in [0.717, 1.165) is 135 Å². The lowest BCUT2D eigenvalue weighted by atomic mass is 10.1. The van der Waals surface area contributed by atoms with Crippen molar-refractivity contribution in [1.82, 2.24) is 5.32 Å². The van der Waals surface area contributed by atoms with Crippen molar-refractivity contribution in [3.8, 4) is 0 Å². The summed E-state index contributed by atoms with van der Waals surface area (Å²) in [7, 11) is 1.16. The van der Waals surface area contributed by atoms with Crippen LogP contribution < -0.4 is 10.2 Å². The van der Waals surface area contributed by atoms with E-state index in [-0.39, 0.29) is 24.9 Å². The van der Waals surface area contributed by atoms with Gasteiger partial charge in [-0.15, -0.1) is 0 Å². The van der Waals surface area contributed by atoms with Gasteiger partial charge >= 0.3 is 5.97 Å². The fraction of sp³-hybridized carbons (Fsp3) is 0.739. The first-order chi connectivity index (χ1) is 38.4. The molecule has 0 saturated carbocycles. The van der Waals surface area contributed by atoms with E-state index in [4.69, 9.17) is 13.8 Å². The Morgan fingerprint density at radius 2 is 0.810 bits per heavy atom. The summed E-state index contributed by atoms with van der Waals surface area (Å²) in [6, 6.07) is -0.903. The van der Waals surface area contributed by atoms with E-state index in [0.29, 0.717) is 17.4 Å². The van der Waals surface area contributed by atoms with Gasteiger partial charge in [0.05, 0.1) is 33.8 Å². The van der Waals surface area contributed by atoms with Crippen LogP contribution in [0.2, 0.25) is 0 Å². The van der Waals surface area contributed by atoms with Crippen molar-refractivity contribution in [2.45, 2.75) is 290 Å². The van der Waals surface area contributed by atoms with Gasteiger partial charge in [-0.3, -0.25) is 14.2 Å². The van der Waals surface area contributed by atoms with Gasteiger partial charge in [-0.05, 0) is 109 Å². The van der Waals surface area contributed by atoms with Crippen LogP contribution in [-0.4, -0.2) is 69.4 Å². The summed E-state index contributed by atoms with van der Waals surface area (Å²) in [5.41, 5.74) is 0. The second-order valence-electron chi connectivity index (χ2n) is 22.9. The van der Waals surface area contributed by atoms with Crippen molar-refractivity contribution in [2.75, 3.05) is 40.9 Å². The average molecular weight is 1120 g/mol. The Morgan fingerprint density at radius 3 is 1.23 bits per heavy atom. The molecule has 3 unspecified atom stereocenters. The monoisotopic (exact) mass is 1120 g/mol. The summed E-state index contributed by atoms with van der Waals surface area (Å²) in [5.74, 6) is -0.564. The standard InChI is InChI=1S/C69H123N2O7P/c1-7-10-13-16-19-22-25-27-29-31-32-33-34-35-36-37-38-40-41-43-46-49-52-55-58-61-68(72)70-66(65-77-79(74,75)76-64-63-71(4,5)6)67(60-57-54-51-48-45-24-21-18-15-12-9-3)78-69(73)62-59-56-53-50-47-44-42-39-30-28-26-23-20-17-14-11-8-2/h10,13,19,22,27-30,32-33,35-36,38,40,57,60,66-67H,7-9,11-12,14-18,20-21,23-26,31,34,37,39,41-56,58-59,61-65H2,1-6H3,(H-,70,72,74,75)/b13-10-,22-19-,29-27-,30-28+,33-32-,36-35-,40-38-,60-57-. The van der Waals surface area contributed by atoms with Crippen LogP contribution in [-0.2, 0) is 27.9 Å². The number of carbonyl (C=O) groups is 2. The number of hydrogen-bond donors (Lipinski definition) is 1. The third kappa shape index (κ3) is 59.4. The maximum Gasteiger partial charge on any atom is 0.306 e. The van der Waals surface area contributed by atoms with Gasteiger partial charge in [-0.25, -0.2) is 0 Å². The number of hydrogen-bond acceptors (Lipinski definition) is 7. The van der Waals surface area contributed by atoms with E-state index in [1.54, 1.807) is 0 Å². The minimum atomic E-state index is -4.71. The molecule has 1 amide bonds. The smallest absolute Gasteiger partial charge is 0.306 e. The van der Waals surface area contributed by atoms with Crippen LogP contribution in [0.25, 0.3) is 0 Å². The molecule has 456 valence electrons. The molecule has 0 aromatic carbocycles. The summed E-state index contributed by atoms with van der Waals surface area (Å²) in [4.78, 5) is 40.0. The number of nitrogens with zero attached hydrogens (tertiary/aromatic N) is 1. The number of ether oxygens (including phenoxy) is 1. The molecule has 9 nitrogen and oxygen atoms in total. The number of carbonyl (C=O) groups excluding carboxylic acids is 2. The quantitative estimate of drug-likeness (QED) is 0.0212. The summed E-state index contributed by atoms with van der Waals surface area (Å²) in [5, 5.41) is 3.02. The molecule has 3 atom stereocenters. The van der Waals surface area contributed by atoms with E-state index in [1.165, 1.54) is 109 Å². The van der Waals surface area contributed by atoms with E-state index in [2.05, 4.69) is 111 Å². The topological polar surface area (TPSA) is 114 Å². The molecule has 1 N–H and O–H groups in total. The zero-order valence-electron chi connectivity index (χ0n) is 52.1. The van der Waals surface area contributed by atoms with Crippen molar-refractivity contribution in [2.24, 2.45) is 0 Å². The maximum atomic E-state index is 13.6. The zero-order valence-corrected chi connectivity index (χ0v) is 52.9. The average Bonchev–Trinajstić information content (AvgIpc) is 3.41. The highest BCUT2D eigenvalue weighted by Crippen LogP contribution is 2.38. The first-order valence-corrected chi connectivity index (χ1v) is 34.0. The van der Waals surface area contributed by atoms with E-state index in [9.17, 15) is 19.0 Å². The lowest BCUT2D eigenvalue weighted by Gasteiger charge is -2.30. The minimum absolute atomic E-state index is 0.0302. The van der Waals surface area contributed by atoms with E-state index in [1.807, 2.05) is 33.3 Å². The number of allylic oxidation sites excluding steroid dienone is 15. The molecule has 0 aliphatic carbocycles. The molecule has 0 fully saturated rings. The molecule has 0 aliphatic heterocycles. The Morgan fingerprint density at radius 1 is 0.456 bits per heavy atom. The Hall–Kier alpha value is -3.07. The molecular weight excluding hydrogens is 1000 g/mol. The summed E-state index contributed by atoms with van der Waals surface area (Å²) < 4.78 is 30.3. The molecule has 79 heavy (non-hydrogen) atoms. The van der Waals surface area contributed by atoms with Gasteiger partial charge in [0.15, 0.2) is 0 Å². The molecular formula is C69H123N2O7P. The largest absolute Gasteiger partial charge is 0.756 e. The van der Waals surface area contributed by atoms with Crippen molar-refractivity contribution in [1.29, 1.82) is 0 Å². The summed E-state index contributed by atoms with van der Waals surface area (Å²) in [6.07, 6.45) is 78.0. The molecule has 0 bridgehead atoms. The Balaban J connectivity index is 5.18. The highest BCUT2D eigenvalue weighted by molar-refractivity contribution is 7.45. The Kier molecular flexibility index (Phi) is 55.9. The van der Waals surface area contributed by atoms with Crippen LogP contribution in [0, 0.1) is 0 Å². The summed E-state index contributed by atoms with van der Waals surface area (Å²) in [6.45, 7) is 6.71. The highest BCUT2D eigenvalue weighted by Gasteiger charge is 2.27. The predicted octanol–water partition coefficient (Wildman–Crippen LogP) is 19.7. The molecule has 10 heteroatoms. The Labute approximate surface area is 488 Å². The van der Waals surface area contributed by atoms with Crippen molar-refractivity contribution >= 4 is 19.7 Å². The maximum absolute atomic E-state index is 13.6. The molecule has 0 spiro atoms. The lowest BCUT2D eigenvalue weighted by Crippen LogP contribution is -2.47. The predicted molar refractivity (Wildman–Crippen MR) is 339 cm³/mol. The molecule has 0 rings (SSSR count). The zero-order chi connectivity index (χ0) is 57.9. The molecule has 0 aliphatic rings. The van der Waals surface area contributed by atoms with Crippen molar-refractivity contribution in [3.63, 3.8) is 0 Å². The minimum Gasteiger partial charge on any atom is -0.756 e. The normalized spacial score (nSPS) is 14.3. The van der Waals surface area contributed by atoms with E-state index >= 15 is 0 Å². The van der Waals surface area contributed by atoms with Gasteiger partial charge in [0.25, 0.3) is 7.82 Å². The molecule has 0 saturated heterocycles. The van der Waals surface area contributed by atoms with Gasteiger partial charge in [0, 0.05) is 12.8 Å². The Bertz CT molecular complexity index is 1670. The van der Waals surface area contributed by atoms with E-state index < -0.39 is 26.6 Å². The van der Waals surface area contributed by atoms with Crippen LogP contribution in [0.1, 0.15) is 278 Å². The van der Waals surface area contributed by atoms with Crippen LogP contribution in [0.15, 0.2) is 97.2 Å². The third-order valence-corrected chi connectivity index (χ3v) is 15.0. The molecule has 0 aromatic rings. The second kappa shape index (κ2) is 58.1. The number of phosphoric acid groups is 1. The number of rotatable bonds is 58. The second-order valence-corrected chi connectivity index (χ2v) is 24.3. The van der Waals surface area contributed by atoms with Crippen LogP contribution >= 0.6 is 7.82 Å². The fourth-order valence-corrected chi connectivity index (χ4v) is 9.71. The SMILES string of the molecule is CC/C=C\C/C=C\C/C=C\C/C=C\C/C=C\C/C=C\CCCCCCCCC(=O)NC(COP(=O)([O-])OCC[N+](C)(C)C)C(/C=C\CCCCCCCCCCC)OC(=O)CCCCCCCCC/C=C/CCCCCCCC. The van der Waals surface area contributed by atoms with Crippen LogP contribution in [0.3, 0.4) is 0 Å². The van der Waals surface area contributed by atoms with Crippen molar-refractivity contribution in [3.05, 3.63) is 97.2 Å². The third-order valence-electron chi connectivity index (χ3n) is 14.0. The van der Waals surface area contributed by atoms with Crippen LogP contribution in [0.4, 0.5) is 0 Å². The number of amides is 1. The lowest BCUT2D eigenvalue weighted by molar-refractivity contribution is -0.870. The van der Waals surface area contributed by atoms with Gasteiger partial charge < -0.3 is 28.5 Å². The number of likely N-dealkylation sites (N-methyl/N-ethyl adjacent to an activating group) is 1. The number of nitrogens with one attached hydrogen (secondary N) is 1. The van der Waals surface area contributed by atoms with Gasteiger partial charge in [0.1, 0.15) is 19.3 Å². The fourth-order valence-electron chi connectivity index (χ4n) is 8.99. The van der Waals surface area contributed by atoms with Crippen LogP contribution in [0.5, 0.6) is 0 Å². The highest BCUT2D eigenvalue weighted by atomic mass is 31.2. The first kappa shape index (κ1) is 75.9. The number of esters is 1. The molecule has 0 heterocycles. The first-order valence-electron chi connectivity index (χ1n) is 32.5. The molecule has 0 aromatic heterocycles. The number of quaternary nitrogens is 1. The van der Waals surface area contributed by atoms with Gasteiger partial charge in [-0.2, -0.15) is 0 Å².